The zero-order valence-electron chi connectivity index (χ0n) is 17.5. The molecule has 3 rings (SSSR count). The van der Waals surface area contributed by atoms with Gasteiger partial charge in [-0.2, -0.15) is 0 Å². The van der Waals surface area contributed by atoms with Crippen LogP contribution in [0.4, 0.5) is 5.69 Å². The van der Waals surface area contributed by atoms with E-state index in [4.69, 9.17) is 4.74 Å². The van der Waals surface area contributed by atoms with Gasteiger partial charge in [0.2, 0.25) is 11.8 Å². The number of carbonyl (C=O) groups excluding carboxylic acids is 2. The van der Waals surface area contributed by atoms with Crippen molar-refractivity contribution in [3.05, 3.63) is 48.5 Å². The van der Waals surface area contributed by atoms with E-state index in [1.807, 2.05) is 67.3 Å². The van der Waals surface area contributed by atoms with Crippen LogP contribution in [0.5, 0.6) is 5.75 Å². The summed E-state index contributed by atoms with van der Waals surface area (Å²) in [6.07, 6.45) is 2.23. The minimum Gasteiger partial charge on any atom is -0.497 e. The fourth-order valence-electron chi connectivity index (χ4n) is 3.69. The molecule has 154 valence electrons. The summed E-state index contributed by atoms with van der Waals surface area (Å²) in [5.74, 6) is 1.13. The SMILES string of the molecule is COc1cccc(-c2ccc(NC(=O)[C@H]3CCCN(C(=O)CC(C)C)C3)cc2)c1. The molecule has 0 spiro atoms. The normalized spacial score (nSPS) is 16.6. The molecule has 29 heavy (non-hydrogen) atoms. The predicted octanol–water partition coefficient (Wildman–Crippen LogP) is 4.59. The number of likely N-dealkylation sites (tertiary alicyclic amines) is 1. The summed E-state index contributed by atoms with van der Waals surface area (Å²) in [6.45, 7) is 5.35. The smallest absolute Gasteiger partial charge is 0.229 e. The maximum atomic E-state index is 12.7. The molecule has 1 fully saturated rings. The number of nitrogens with one attached hydrogen (secondary N) is 1. The Morgan fingerprint density at radius 3 is 2.59 bits per heavy atom. The molecule has 2 aromatic carbocycles. The molecule has 0 aromatic heterocycles. The van der Waals surface area contributed by atoms with Gasteiger partial charge in [0.15, 0.2) is 0 Å². The van der Waals surface area contributed by atoms with Crippen LogP contribution in [0.25, 0.3) is 11.1 Å². The molecule has 0 unspecified atom stereocenters. The first-order valence-electron chi connectivity index (χ1n) is 10.3. The minimum atomic E-state index is -0.155. The van der Waals surface area contributed by atoms with E-state index in [1.54, 1.807) is 7.11 Å². The third-order valence-electron chi connectivity index (χ3n) is 5.28. The molecule has 1 aliphatic heterocycles. The average molecular weight is 395 g/mol. The van der Waals surface area contributed by atoms with Gasteiger partial charge in [0.1, 0.15) is 5.75 Å². The number of hydrogen-bond acceptors (Lipinski definition) is 3. The molecule has 0 radical (unpaired) electrons. The molecular weight excluding hydrogens is 364 g/mol. The molecule has 5 nitrogen and oxygen atoms in total. The number of carbonyl (C=O) groups is 2. The molecule has 2 aromatic rings. The van der Waals surface area contributed by atoms with Crippen molar-refractivity contribution < 1.29 is 14.3 Å². The summed E-state index contributed by atoms with van der Waals surface area (Å²) in [5.41, 5.74) is 2.89. The van der Waals surface area contributed by atoms with Gasteiger partial charge in [-0.05, 0) is 54.2 Å². The van der Waals surface area contributed by atoms with Crippen molar-refractivity contribution in [1.29, 1.82) is 0 Å². The van der Waals surface area contributed by atoms with Gasteiger partial charge in [0.25, 0.3) is 0 Å². The molecule has 1 heterocycles. The minimum absolute atomic E-state index is 0.0128. The van der Waals surface area contributed by atoms with Crippen LogP contribution in [0.3, 0.4) is 0 Å². The van der Waals surface area contributed by atoms with Crippen LogP contribution >= 0.6 is 0 Å². The van der Waals surface area contributed by atoms with Crippen LogP contribution in [0.1, 0.15) is 33.1 Å². The van der Waals surface area contributed by atoms with E-state index in [0.717, 1.165) is 42.0 Å². The van der Waals surface area contributed by atoms with Crippen LogP contribution in [-0.2, 0) is 9.59 Å². The quantitative estimate of drug-likeness (QED) is 0.780. The number of amides is 2. The zero-order valence-corrected chi connectivity index (χ0v) is 17.5. The van der Waals surface area contributed by atoms with Crippen molar-refractivity contribution in [2.45, 2.75) is 33.1 Å². The third kappa shape index (κ3) is 5.59. The van der Waals surface area contributed by atoms with Crippen molar-refractivity contribution in [1.82, 2.24) is 4.90 Å². The molecule has 1 N–H and O–H groups in total. The highest BCUT2D eigenvalue weighted by Gasteiger charge is 2.28. The number of ether oxygens (including phenoxy) is 1. The highest BCUT2D eigenvalue weighted by Crippen LogP contribution is 2.26. The lowest BCUT2D eigenvalue weighted by atomic mass is 9.96. The van der Waals surface area contributed by atoms with E-state index >= 15 is 0 Å². The summed E-state index contributed by atoms with van der Waals surface area (Å²) < 4.78 is 5.28. The summed E-state index contributed by atoms with van der Waals surface area (Å²) in [5, 5.41) is 3.01. The zero-order chi connectivity index (χ0) is 20.8. The van der Waals surface area contributed by atoms with Crippen molar-refractivity contribution in [2.75, 3.05) is 25.5 Å². The van der Waals surface area contributed by atoms with E-state index in [1.165, 1.54) is 0 Å². The predicted molar refractivity (Wildman–Crippen MR) is 116 cm³/mol. The Morgan fingerprint density at radius 1 is 1.14 bits per heavy atom. The first kappa shape index (κ1) is 20.9. The Bertz CT molecular complexity index is 845. The van der Waals surface area contributed by atoms with Crippen molar-refractivity contribution in [3.8, 4) is 16.9 Å². The van der Waals surface area contributed by atoms with Crippen molar-refractivity contribution in [2.24, 2.45) is 11.8 Å². The Balaban J connectivity index is 1.61. The largest absolute Gasteiger partial charge is 0.497 e. The van der Waals surface area contributed by atoms with Gasteiger partial charge in [-0.3, -0.25) is 9.59 Å². The van der Waals surface area contributed by atoms with Gasteiger partial charge < -0.3 is 15.0 Å². The van der Waals surface area contributed by atoms with Gasteiger partial charge in [-0.1, -0.05) is 38.1 Å². The van der Waals surface area contributed by atoms with E-state index < -0.39 is 0 Å². The van der Waals surface area contributed by atoms with Gasteiger partial charge in [0.05, 0.1) is 13.0 Å². The molecule has 1 aliphatic rings. The molecule has 0 aliphatic carbocycles. The number of hydrogen-bond donors (Lipinski definition) is 1. The number of nitrogens with zero attached hydrogens (tertiary/aromatic N) is 1. The fourth-order valence-corrected chi connectivity index (χ4v) is 3.69. The van der Waals surface area contributed by atoms with Crippen molar-refractivity contribution in [3.63, 3.8) is 0 Å². The number of rotatable bonds is 6. The molecular formula is C24H30N2O3. The lowest BCUT2D eigenvalue weighted by Crippen LogP contribution is -2.44. The summed E-state index contributed by atoms with van der Waals surface area (Å²) in [7, 11) is 1.65. The van der Waals surface area contributed by atoms with E-state index in [0.29, 0.717) is 18.9 Å². The molecule has 1 saturated heterocycles. The summed E-state index contributed by atoms with van der Waals surface area (Å²) >= 11 is 0. The summed E-state index contributed by atoms with van der Waals surface area (Å²) in [6, 6.07) is 15.7. The van der Waals surface area contributed by atoms with Gasteiger partial charge in [-0.25, -0.2) is 0 Å². The van der Waals surface area contributed by atoms with E-state index in [2.05, 4.69) is 5.32 Å². The second-order valence-electron chi connectivity index (χ2n) is 8.08. The maximum Gasteiger partial charge on any atom is 0.229 e. The average Bonchev–Trinajstić information content (AvgIpc) is 2.74. The standard InChI is InChI=1S/C24H30N2O3/c1-17(2)14-23(27)26-13-5-7-20(16-26)24(28)25-21-11-9-18(10-12-21)19-6-4-8-22(15-19)29-3/h4,6,8-12,15,17,20H,5,7,13-14,16H2,1-3H3,(H,25,28)/t20-/m0/s1. The van der Waals surface area contributed by atoms with E-state index in [9.17, 15) is 9.59 Å². The molecule has 0 bridgehead atoms. The highest BCUT2D eigenvalue weighted by molar-refractivity contribution is 5.93. The van der Waals surface area contributed by atoms with Crippen LogP contribution in [-0.4, -0.2) is 36.9 Å². The second kappa shape index (κ2) is 9.59. The Hall–Kier alpha value is -2.82. The van der Waals surface area contributed by atoms with Crippen LogP contribution in [0, 0.1) is 11.8 Å². The fraction of sp³-hybridized carbons (Fsp3) is 0.417. The number of anilines is 1. The first-order chi connectivity index (χ1) is 14.0. The monoisotopic (exact) mass is 394 g/mol. The van der Waals surface area contributed by atoms with Crippen LogP contribution in [0.2, 0.25) is 0 Å². The van der Waals surface area contributed by atoms with Gasteiger partial charge in [0, 0.05) is 25.2 Å². The number of benzene rings is 2. The Kier molecular flexibility index (Phi) is 6.91. The number of methoxy groups -OCH3 is 1. The second-order valence-corrected chi connectivity index (χ2v) is 8.08. The highest BCUT2D eigenvalue weighted by atomic mass is 16.5. The molecule has 1 atom stereocenters. The molecule has 5 heteroatoms. The third-order valence-corrected chi connectivity index (χ3v) is 5.28. The lowest BCUT2D eigenvalue weighted by Gasteiger charge is -2.32. The Labute approximate surface area is 173 Å². The maximum absolute atomic E-state index is 12.7. The van der Waals surface area contributed by atoms with Crippen LogP contribution in [0.15, 0.2) is 48.5 Å². The topological polar surface area (TPSA) is 58.6 Å². The van der Waals surface area contributed by atoms with Gasteiger partial charge in [-0.15, -0.1) is 0 Å². The first-order valence-corrected chi connectivity index (χ1v) is 10.3. The van der Waals surface area contributed by atoms with Crippen molar-refractivity contribution >= 4 is 17.5 Å². The lowest BCUT2D eigenvalue weighted by molar-refractivity contribution is -0.135. The molecule has 0 saturated carbocycles. The number of piperidine rings is 1. The summed E-state index contributed by atoms with van der Waals surface area (Å²) in [4.78, 5) is 26.9. The molecule has 2 amide bonds. The van der Waals surface area contributed by atoms with Gasteiger partial charge >= 0.3 is 0 Å². The Morgan fingerprint density at radius 2 is 1.90 bits per heavy atom. The van der Waals surface area contributed by atoms with Crippen LogP contribution < -0.4 is 10.1 Å². The van der Waals surface area contributed by atoms with E-state index in [-0.39, 0.29) is 17.7 Å².